The van der Waals surface area contributed by atoms with Gasteiger partial charge >= 0.3 is 18.4 Å². The largest absolute Gasteiger partial charge is 0.435 e. The number of pyridine rings is 1. The number of halogens is 7. The summed E-state index contributed by atoms with van der Waals surface area (Å²) in [5, 5.41) is 3.46. The Balaban J connectivity index is 2.02. The molecular formula is C14H6ClF6N5O. The maximum Gasteiger partial charge on any atom is 0.435 e. The zero-order valence-electron chi connectivity index (χ0n) is 12.8. The summed E-state index contributed by atoms with van der Waals surface area (Å²) in [5.41, 5.74) is -2.41. The molecule has 0 aromatic carbocycles. The van der Waals surface area contributed by atoms with Crippen LogP contribution < -0.4 is 4.74 Å². The molecule has 0 saturated heterocycles. The van der Waals surface area contributed by atoms with Crippen LogP contribution in [0.25, 0.3) is 5.82 Å². The molecule has 0 aliphatic carbocycles. The fraction of sp³-hybridized carbons (Fsp3) is 0.143. The Hall–Kier alpha value is -2.89. The van der Waals surface area contributed by atoms with Gasteiger partial charge in [-0.25, -0.2) is 15.0 Å². The summed E-state index contributed by atoms with van der Waals surface area (Å²) in [6, 6.07) is 1.70. The van der Waals surface area contributed by atoms with E-state index in [1.165, 1.54) is 0 Å². The third-order valence-corrected chi connectivity index (χ3v) is 3.25. The molecule has 0 aliphatic heterocycles. The van der Waals surface area contributed by atoms with Crippen molar-refractivity contribution in [3.8, 4) is 17.7 Å². The quantitative estimate of drug-likeness (QED) is 0.594. The van der Waals surface area contributed by atoms with E-state index in [2.05, 4.69) is 20.1 Å². The number of hydrogen-bond acceptors (Lipinski definition) is 5. The molecule has 0 atom stereocenters. The van der Waals surface area contributed by atoms with E-state index < -0.39 is 29.5 Å². The van der Waals surface area contributed by atoms with Gasteiger partial charge in [0.25, 0.3) is 0 Å². The Morgan fingerprint density at radius 3 is 2.07 bits per heavy atom. The van der Waals surface area contributed by atoms with Crippen LogP contribution in [-0.2, 0) is 12.4 Å². The van der Waals surface area contributed by atoms with Crippen LogP contribution in [0.4, 0.5) is 26.3 Å². The van der Waals surface area contributed by atoms with E-state index >= 15 is 0 Å². The zero-order chi connectivity index (χ0) is 19.8. The van der Waals surface area contributed by atoms with E-state index in [4.69, 9.17) is 16.3 Å². The van der Waals surface area contributed by atoms with Crippen LogP contribution in [0.5, 0.6) is 11.9 Å². The van der Waals surface area contributed by atoms with Crippen molar-refractivity contribution in [1.82, 2.24) is 24.7 Å². The maximum absolute atomic E-state index is 13.0. The summed E-state index contributed by atoms with van der Waals surface area (Å²) in [6.07, 6.45) is -6.72. The van der Waals surface area contributed by atoms with Gasteiger partial charge in [-0.1, -0.05) is 11.6 Å². The molecule has 6 nitrogen and oxygen atoms in total. The molecule has 0 bridgehead atoms. The molecule has 27 heavy (non-hydrogen) atoms. The van der Waals surface area contributed by atoms with Gasteiger partial charge in [0.15, 0.2) is 11.5 Å². The van der Waals surface area contributed by atoms with Gasteiger partial charge in [-0.05, 0) is 12.1 Å². The molecule has 0 N–H and O–H groups in total. The predicted molar refractivity (Wildman–Crippen MR) is 78.5 cm³/mol. The van der Waals surface area contributed by atoms with Crippen molar-refractivity contribution in [2.45, 2.75) is 12.4 Å². The summed E-state index contributed by atoms with van der Waals surface area (Å²) in [7, 11) is 0. The molecule has 13 heteroatoms. The molecule has 3 aromatic heterocycles. The summed E-state index contributed by atoms with van der Waals surface area (Å²) in [6.45, 7) is 0. The van der Waals surface area contributed by atoms with Crippen LogP contribution in [0, 0.1) is 0 Å². The van der Waals surface area contributed by atoms with Crippen molar-refractivity contribution in [3.05, 3.63) is 53.1 Å². The molecule has 3 heterocycles. The van der Waals surface area contributed by atoms with Crippen molar-refractivity contribution in [3.63, 3.8) is 0 Å². The number of aromatic nitrogens is 5. The molecule has 0 radical (unpaired) electrons. The van der Waals surface area contributed by atoms with Gasteiger partial charge in [-0.15, -0.1) is 0 Å². The summed E-state index contributed by atoms with van der Waals surface area (Å²) in [5.74, 6) is -0.834. The minimum Gasteiger partial charge on any atom is -0.405 e. The van der Waals surface area contributed by atoms with Gasteiger partial charge in [0.05, 0.1) is 23.0 Å². The first-order valence-electron chi connectivity index (χ1n) is 6.90. The highest BCUT2D eigenvalue weighted by Crippen LogP contribution is 2.34. The van der Waals surface area contributed by atoms with E-state index in [0.717, 1.165) is 18.5 Å². The second-order valence-electron chi connectivity index (χ2n) is 4.97. The highest BCUT2D eigenvalue weighted by molar-refractivity contribution is 6.30. The SMILES string of the molecule is FC(F)(F)c1ccc(-n2nc(C(F)(F)F)cc2Oc2ncc(Cl)cn2)nc1. The third-order valence-electron chi connectivity index (χ3n) is 3.05. The summed E-state index contributed by atoms with van der Waals surface area (Å²) < 4.78 is 82.5. The first kappa shape index (κ1) is 18.9. The number of alkyl halides is 6. The maximum atomic E-state index is 13.0. The second kappa shape index (κ2) is 6.68. The molecule has 0 aliphatic rings. The lowest BCUT2D eigenvalue weighted by Crippen LogP contribution is -2.10. The van der Waals surface area contributed by atoms with E-state index in [1.54, 1.807) is 0 Å². The molecular weight excluding hydrogens is 404 g/mol. The smallest absolute Gasteiger partial charge is 0.405 e. The van der Waals surface area contributed by atoms with Crippen molar-refractivity contribution < 1.29 is 31.1 Å². The van der Waals surface area contributed by atoms with Gasteiger partial charge in [0.1, 0.15) is 0 Å². The number of ether oxygens (including phenoxy) is 1. The average Bonchev–Trinajstić information content (AvgIpc) is 3.00. The fourth-order valence-electron chi connectivity index (χ4n) is 1.87. The molecule has 142 valence electrons. The van der Waals surface area contributed by atoms with Gasteiger partial charge in [0, 0.05) is 12.3 Å². The topological polar surface area (TPSA) is 65.7 Å². The standard InChI is InChI=1S/C14H6ClF6N5O/c15-8-5-23-12(24-6-8)27-11-3-9(14(19,20)21)25-26(11)10-2-1-7(4-22-10)13(16,17)18/h1-6H. The van der Waals surface area contributed by atoms with Crippen LogP contribution in [-0.4, -0.2) is 24.7 Å². The molecule has 3 rings (SSSR count). The Morgan fingerprint density at radius 2 is 1.56 bits per heavy atom. The zero-order valence-corrected chi connectivity index (χ0v) is 13.5. The summed E-state index contributed by atoms with van der Waals surface area (Å²) >= 11 is 5.61. The van der Waals surface area contributed by atoms with Crippen LogP contribution in [0.2, 0.25) is 5.02 Å². The van der Waals surface area contributed by atoms with Crippen molar-refractivity contribution >= 4 is 11.6 Å². The highest BCUT2D eigenvalue weighted by atomic mass is 35.5. The molecule has 0 amide bonds. The molecule has 0 fully saturated rings. The van der Waals surface area contributed by atoms with E-state index in [0.29, 0.717) is 23.0 Å². The molecule has 3 aromatic rings. The Kier molecular flexibility index (Phi) is 4.68. The average molecular weight is 410 g/mol. The monoisotopic (exact) mass is 409 g/mol. The van der Waals surface area contributed by atoms with E-state index in [9.17, 15) is 26.3 Å². The van der Waals surface area contributed by atoms with E-state index in [1.807, 2.05) is 0 Å². The second-order valence-corrected chi connectivity index (χ2v) is 5.40. The Bertz CT molecular complexity index is 937. The lowest BCUT2D eigenvalue weighted by Gasteiger charge is -2.09. The van der Waals surface area contributed by atoms with Crippen LogP contribution in [0.15, 0.2) is 36.8 Å². The van der Waals surface area contributed by atoms with Crippen molar-refractivity contribution in [2.24, 2.45) is 0 Å². The summed E-state index contributed by atoms with van der Waals surface area (Å²) in [4.78, 5) is 10.8. The van der Waals surface area contributed by atoms with Crippen molar-refractivity contribution in [2.75, 3.05) is 0 Å². The van der Waals surface area contributed by atoms with E-state index in [-0.39, 0.29) is 16.9 Å². The highest BCUT2D eigenvalue weighted by Gasteiger charge is 2.36. The van der Waals surface area contributed by atoms with Crippen LogP contribution in [0.1, 0.15) is 11.3 Å². The third kappa shape index (κ3) is 4.27. The predicted octanol–water partition coefficient (Wildman–Crippen LogP) is 4.54. The van der Waals surface area contributed by atoms with Crippen LogP contribution >= 0.6 is 11.6 Å². The van der Waals surface area contributed by atoms with Gasteiger partial charge in [0.2, 0.25) is 5.88 Å². The minimum atomic E-state index is -4.82. The number of rotatable bonds is 3. The molecule has 0 unspecified atom stereocenters. The van der Waals surface area contributed by atoms with Gasteiger partial charge in [-0.3, -0.25) is 0 Å². The van der Waals surface area contributed by atoms with Gasteiger partial charge < -0.3 is 4.74 Å². The Morgan fingerprint density at radius 1 is 0.889 bits per heavy atom. The first-order valence-corrected chi connectivity index (χ1v) is 7.28. The van der Waals surface area contributed by atoms with Crippen molar-refractivity contribution in [1.29, 1.82) is 0 Å². The Labute approximate surface area is 151 Å². The minimum absolute atomic E-state index is 0.163. The number of nitrogens with zero attached hydrogens (tertiary/aromatic N) is 5. The van der Waals surface area contributed by atoms with Crippen LogP contribution in [0.3, 0.4) is 0 Å². The molecule has 0 spiro atoms. The first-order chi connectivity index (χ1) is 12.5. The lowest BCUT2D eigenvalue weighted by molar-refractivity contribution is -0.141. The normalized spacial score (nSPS) is 12.3. The lowest BCUT2D eigenvalue weighted by atomic mass is 10.3. The number of hydrogen-bond donors (Lipinski definition) is 0. The fourth-order valence-corrected chi connectivity index (χ4v) is 1.96. The molecule has 0 saturated carbocycles. The van der Waals surface area contributed by atoms with Gasteiger partial charge in [-0.2, -0.15) is 36.1 Å².